The van der Waals surface area contributed by atoms with Gasteiger partial charge in [0.2, 0.25) is 0 Å². The summed E-state index contributed by atoms with van der Waals surface area (Å²) in [4.78, 5) is 0. The minimum absolute atomic E-state index is 0.0267. The molecule has 0 aliphatic rings. The lowest BCUT2D eigenvalue weighted by Crippen LogP contribution is -1.98. The van der Waals surface area contributed by atoms with Crippen molar-refractivity contribution in [1.29, 1.82) is 10.5 Å². The fourth-order valence-corrected chi connectivity index (χ4v) is 1.30. The van der Waals surface area contributed by atoms with Crippen molar-refractivity contribution in [2.24, 2.45) is 0 Å². The topological polar surface area (TPSA) is 56.8 Å². The highest BCUT2D eigenvalue weighted by Crippen LogP contribution is 2.20. The van der Waals surface area contributed by atoms with Crippen molar-refractivity contribution in [3.63, 3.8) is 0 Å². The van der Waals surface area contributed by atoms with Crippen LogP contribution in [-0.2, 0) is 0 Å². The zero-order valence-corrected chi connectivity index (χ0v) is 10.1. The SMILES string of the molecule is CCCCOc1cc(C=C(C#N)C#N)ccc1F. The highest BCUT2D eigenvalue weighted by Gasteiger charge is 2.04. The maximum absolute atomic E-state index is 13.4. The molecule has 0 spiro atoms. The van der Waals surface area contributed by atoms with Crippen LogP contribution in [-0.4, -0.2) is 6.61 Å². The smallest absolute Gasteiger partial charge is 0.165 e. The number of nitriles is 2. The molecular weight excluding hydrogens is 231 g/mol. The molecule has 1 aromatic rings. The summed E-state index contributed by atoms with van der Waals surface area (Å²) < 4.78 is 18.7. The number of benzene rings is 1. The van der Waals surface area contributed by atoms with E-state index < -0.39 is 5.82 Å². The molecule has 3 nitrogen and oxygen atoms in total. The molecule has 0 heterocycles. The van der Waals surface area contributed by atoms with Crippen molar-refractivity contribution < 1.29 is 9.13 Å². The van der Waals surface area contributed by atoms with E-state index in [1.165, 1.54) is 24.3 Å². The van der Waals surface area contributed by atoms with Gasteiger partial charge >= 0.3 is 0 Å². The molecule has 18 heavy (non-hydrogen) atoms. The molecule has 0 saturated heterocycles. The second-order valence-electron chi connectivity index (χ2n) is 3.67. The normalized spacial score (nSPS) is 9.11. The molecule has 0 aromatic heterocycles. The van der Waals surface area contributed by atoms with E-state index in [2.05, 4.69) is 0 Å². The molecule has 0 saturated carbocycles. The van der Waals surface area contributed by atoms with E-state index in [1.807, 2.05) is 6.92 Å². The lowest BCUT2D eigenvalue weighted by molar-refractivity contribution is 0.294. The van der Waals surface area contributed by atoms with E-state index in [-0.39, 0.29) is 11.3 Å². The first-order valence-electron chi connectivity index (χ1n) is 5.65. The number of hydrogen-bond acceptors (Lipinski definition) is 3. The molecule has 1 aromatic carbocycles. The van der Waals surface area contributed by atoms with Crippen molar-refractivity contribution in [1.82, 2.24) is 0 Å². The maximum atomic E-state index is 13.4. The van der Waals surface area contributed by atoms with Gasteiger partial charge in [-0.25, -0.2) is 4.39 Å². The zero-order valence-electron chi connectivity index (χ0n) is 10.1. The van der Waals surface area contributed by atoms with Crippen LogP contribution in [0.2, 0.25) is 0 Å². The molecule has 0 aliphatic heterocycles. The number of ether oxygens (including phenoxy) is 1. The second kappa shape index (κ2) is 7.09. The number of unbranched alkanes of at least 4 members (excludes halogenated alkanes) is 1. The van der Waals surface area contributed by atoms with E-state index in [0.717, 1.165) is 12.8 Å². The van der Waals surface area contributed by atoms with Gasteiger partial charge in [-0.3, -0.25) is 0 Å². The Morgan fingerprint density at radius 1 is 1.39 bits per heavy atom. The molecule has 0 atom stereocenters. The minimum atomic E-state index is -0.446. The summed E-state index contributed by atoms with van der Waals surface area (Å²) in [6.45, 7) is 2.47. The molecule has 0 radical (unpaired) electrons. The van der Waals surface area contributed by atoms with Gasteiger partial charge in [-0.2, -0.15) is 10.5 Å². The quantitative estimate of drug-likeness (QED) is 0.589. The Balaban J connectivity index is 2.91. The van der Waals surface area contributed by atoms with Crippen LogP contribution in [0.4, 0.5) is 4.39 Å². The molecule has 0 unspecified atom stereocenters. The number of nitrogens with zero attached hydrogens (tertiary/aromatic N) is 2. The molecule has 0 aliphatic carbocycles. The fourth-order valence-electron chi connectivity index (χ4n) is 1.30. The minimum Gasteiger partial charge on any atom is -0.490 e. The highest BCUT2D eigenvalue weighted by atomic mass is 19.1. The van der Waals surface area contributed by atoms with E-state index in [1.54, 1.807) is 12.1 Å². The van der Waals surface area contributed by atoms with Crippen molar-refractivity contribution in [3.8, 4) is 17.9 Å². The van der Waals surface area contributed by atoms with E-state index >= 15 is 0 Å². The van der Waals surface area contributed by atoms with Crippen LogP contribution in [0.25, 0.3) is 6.08 Å². The molecular formula is C14H13FN2O. The third-order valence-electron chi connectivity index (χ3n) is 2.26. The zero-order chi connectivity index (χ0) is 13.4. The lowest BCUT2D eigenvalue weighted by Gasteiger charge is -2.07. The molecule has 0 fully saturated rings. The summed E-state index contributed by atoms with van der Waals surface area (Å²) in [6, 6.07) is 7.75. The number of halogens is 1. The Bertz CT molecular complexity index is 508. The van der Waals surface area contributed by atoms with Crippen LogP contribution in [0, 0.1) is 28.5 Å². The average molecular weight is 244 g/mol. The van der Waals surface area contributed by atoms with Crippen LogP contribution in [0.3, 0.4) is 0 Å². The number of rotatable bonds is 5. The van der Waals surface area contributed by atoms with Crippen LogP contribution in [0.15, 0.2) is 23.8 Å². The average Bonchev–Trinajstić information content (AvgIpc) is 2.39. The van der Waals surface area contributed by atoms with E-state index in [9.17, 15) is 4.39 Å². The molecule has 0 amide bonds. The lowest BCUT2D eigenvalue weighted by atomic mass is 10.1. The molecule has 1 rings (SSSR count). The summed E-state index contributed by atoms with van der Waals surface area (Å²) >= 11 is 0. The summed E-state index contributed by atoms with van der Waals surface area (Å²) in [5, 5.41) is 17.3. The first-order chi connectivity index (χ1) is 8.71. The number of hydrogen-bond donors (Lipinski definition) is 0. The molecule has 92 valence electrons. The van der Waals surface area contributed by atoms with Gasteiger partial charge in [-0.1, -0.05) is 19.4 Å². The van der Waals surface area contributed by atoms with Gasteiger partial charge in [-0.05, 0) is 30.2 Å². The monoisotopic (exact) mass is 244 g/mol. The van der Waals surface area contributed by atoms with Crippen molar-refractivity contribution in [2.75, 3.05) is 6.61 Å². The fraction of sp³-hybridized carbons (Fsp3) is 0.286. The van der Waals surface area contributed by atoms with Crippen LogP contribution < -0.4 is 4.74 Å². The van der Waals surface area contributed by atoms with Crippen molar-refractivity contribution >= 4 is 6.08 Å². The predicted octanol–water partition coefficient (Wildman–Crippen LogP) is 3.44. The Labute approximate surface area is 106 Å². The molecule has 4 heteroatoms. The Morgan fingerprint density at radius 2 is 2.11 bits per heavy atom. The summed E-state index contributed by atoms with van der Waals surface area (Å²) in [6.07, 6.45) is 3.21. The van der Waals surface area contributed by atoms with Crippen LogP contribution >= 0.6 is 0 Å². The first-order valence-corrected chi connectivity index (χ1v) is 5.65. The van der Waals surface area contributed by atoms with Crippen LogP contribution in [0.5, 0.6) is 5.75 Å². The van der Waals surface area contributed by atoms with Crippen LogP contribution in [0.1, 0.15) is 25.3 Å². The Kier molecular flexibility index (Phi) is 5.41. The van der Waals surface area contributed by atoms with Gasteiger partial charge < -0.3 is 4.74 Å². The standard InChI is InChI=1S/C14H13FN2O/c1-2-3-6-18-14-8-11(4-5-13(14)15)7-12(9-16)10-17/h4-5,7-8H,2-3,6H2,1H3. The third kappa shape index (κ3) is 3.92. The maximum Gasteiger partial charge on any atom is 0.165 e. The van der Waals surface area contributed by atoms with Crippen molar-refractivity contribution in [3.05, 3.63) is 35.2 Å². The van der Waals surface area contributed by atoms with Gasteiger partial charge in [0.25, 0.3) is 0 Å². The Hall–Kier alpha value is -2.33. The Morgan fingerprint density at radius 3 is 2.72 bits per heavy atom. The largest absolute Gasteiger partial charge is 0.490 e. The molecule has 0 bridgehead atoms. The summed E-state index contributed by atoms with van der Waals surface area (Å²) in [7, 11) is 0. The van der Waals surface area contributed by atoms with Gasteiger partial charge in [0.05, 0.1) is 6.61 Å². The highest BCUT2D eigenvalue weighted by molar-refractivity contribution is 5.62. The summed E-state index contributed by atoms with van der Waals surface area (Å²) in [5.74, 6) is -0.300. The van der Waals surface area contributed by atoms with Gasteiger partial charge in [0.15, 0.2) is 11.6 Å². The predicted molar refractivity (Wildman–Crippen MR) is 66.0 cm³/mol. The first kappa shape index (κ1) is 13.7. The van der Waals surface area contributed by atoms with E-state index in [0.29, 0.717) is 12.2 Å². The van der Waals surface area contributed by atoms with E-state index in [4.69, 9.17) is 15.3 Å². The van der Waals surface area contributed by atoms with Gasteiger partial charge in [0.1, 0.15) is 17.7 Å². The van der Waals surface area contributed by atoms with Gasteiger partial charge in [-0.15, -0.1) is 0 Å². The third-order valence-corrected chi connectivity index (χ3v) is 2.26. The second-order valence-corrected chi connectivity index (χ2v) is 3.67. The number of allylic oxidation sites excluding steroid dienone is 1. The summed E-state index contributed by atoms with van der Waals surface area (Å²) in [5.41, 5.74) is 0.544. The van der Waals surface area contributed by atoms with Gasteiger partial charge in [0, 0.05) is 0 Å². The van der Waals surface area contributed by atoms with Crippen molar-refractivity contribution in [2.45, 2.75) is 19.8 Å². The molecule has 0 N–H and O–H groups in total.